The molecule has 4 rings (SSSR count). The van der Waals surface area contributed by atoms with Crippen LogP contribution in [-0.4, -0.2) is 56.7 Å². The van der Waals surface area contributed by atoms with Gasteiger partial charge in [0, 0.05) is 62.8 Å². The predicted octanol–water partition coefficient (Wildman–Crippen LogP) is 1.94. The van der Waals surface area contributed by atoms with Gasteiger partial charge in [-0.05, 0) is 37.9 Å². The Hall–Kier alpha value is -2.21. The Bertz CT molecular complexity index is 743. The van der Waals surface area contributed by atoms with Crippen molar-refractivity contribution in [3.63, 3.8) is 0 Å². The molecule has 0 aromatic carbocycles. The zero-order chi connectivity index (χ0) is 17.3. The Balaban J connectivity index is 1.41. The number of hydrogen-bond acceptors (Lipinski definition) is 4. The smallest absolute Gasteiger partial charge is 0.255 e. The minimum absolute atomic E-state index is 0.123. The van der Waals surface area contributed by atoms with Crippen LogP contribution >= 0.6 is 0 Å². The molecule has 2 aromatic rings. The lowest BCUT2D eigenvalue weighted by Crippen LogP contribution is -2.47. The maximum absolute atomic E-state index is 12.8. The lowest BCUT2D eigenvalue weighted by atomic mass is 9.79. The fourth-order valence-corrected chi connectivity index (χ4v) is 4.36. The molecule has 0 unspecified atom stereocenters. The highest BCUT2D eigenvalue weighted by molar-refractivity contribution is 5.94. The third-order valence-electron chi connectivity index (χ3n) is 5.54. The average molecular weight is 339 g/mol. The third kappa shape index (κ3) is 3.44. The third-order valence-corrected chi connectivity index (χ3v) is 5.54. The number of aryl methyl sites for hydroxylation is 1. The summed E-state index contributed by atoms with van der Waals surface area (Å²) in [5.74, 6) is 0.123. The van der Waals surface area contributed by atoms with Crippen LogP contribution in [0.2, 0.25) is 0 Å². The first-order valence-electron chi connectivity index (χ1n) is 9.03. The number of amides is 1. The number of carbonyl (C=O) groups is 1. The van der Waals surface area contributed by atoms with Gasteiger partial charge in [0.15, 0.2) is 0 Å². The summed E-state index contributed by atoms with van der Waals surface area (Å²) in [5.41, 5.74) is 2.21. The first-order valence-corrected chi connectivity index (χ1v) is 9.03. The summed E-state index contributed by atoms with van der Waals surface area (Å²) in [7, 11) is 1.96. The van der Waals surface area contributed by atoms with E-state index < -0.39 is 0 Å². The summed E-state index contributed by atoms with van der Waals surface area (Å²) in [6, 6.07) is 3.69. The molecule has 1 spiro atoms. The molecule has 2 fully saturated rings. The second-order valence-electron chi connectivity index (χ2n) is 7.55. The Labute approximate surface area is 148 Å². The van der Waals surface area contributed by atoms with Crippen LogP contribution in [-0.2, 0) is 13.6 Å². The second-order valence-corrected chi connectivity index (χ2v) is 7.55. The first kappa shape index (κ1) is 16.3. The van der Waals surface area contributed by atoms with E-state index in [1.807, 2.05) is 35.0 Å². The molecule has 0 radical (unpaired) electrons. The van der Waals surface area contributed by atoms with E-state index in [0.717, 1.165) is 39.1 Å². The van der Waals surface area contributed by atoms with Gasteiger partial charge < -0.3 is 4.90 Å². The summed E-state index contributed by atoms with van der Waals surface area (Å²) in [6.45, 7) is 4.84. The van der Waals surface area contributed by atoms with Crippen LogP contribution < -0.4 is 0 Å². The van der Waals surface area contributed by atoms with Crippen molar-refractivity contribution in [1.29, 1.82) is 0 Å². The Kier molecular flexibility index (Phi) is 4.29. The number of carbonyl (C=O) groups excluding carboxylic acids is 1. The van der Waals surface area contributed by atoms with Crippen LogP contribution in [0, 0.1) is 5.41 Å². The number of nitrogens with zero attached hydrogens (tertiary/aromatic N) is 5. The van der Waals surface area contributed by atoms with Gasteiger partial charge in [-0.3, -0.25) is 19.4 Å². The number of piperidine rings is 1. The van der Waals surface area contributed by atoms with Gasteiger partial charge in [0.05, 0.1) is 11.8 Å². The molecule has 4 heterocycles. The number of likely N-dealkylation sites (tertiary alicyclic amines) is 2. The largest absolute Gasteiger partial charge is 0.338 e. The van der Waals surface area contributed by atoms with E-state index in [0.29, 0.717) is 5.56 Å². The van der Waals surface area contributed by atoms with Crippen molar-refractivity contribution < 1.29 is 4.79 Å². The highest BCUT2D eigenvalue weighted by atomic mass is 16.2. The number of pyridine rings is 1. The highest BCUT2D eigenvalue weighted by Gasteiger charge is 2.42. The van der Waals surface area contributed by atoms with Gasteiger partial charge in [-0.2, -0.15) is 5.10 Å². The fourth-order valence-electron chi connectivity index (χ4n) is 4.36. The molecular formula is C19H25N5O. The van der Waals surface area contributed by atoms with E-state index in [-0.39, 0.29) is 11.3 Å². The van der Waals surface area contributed by atoms with Crippen LogP contribution in [0.1, 0.15) is 35.2 Å². The maximum atomic E-state index is 12.8. The number of aromatic nitrogens is 3. The molecule has 6 heteroatoms. The van der Waals surface area contributed by atoms with Crippen LogP contribution in [0.15, 0.2) is 36.9 Å². The molecule has 25 heavy (non-hydrogen) atoms. The van der Waals surface area contributed by atoms with Gasteiger partial charge >= 0.3 is 0 Å². The van der Waals surface area contributed by atoms with Crippen molar-refractivity contribution in [2.24, 2.45) is 12.5 Å². The van der Waals surface area contributed by atoms with Gasteiger partial charge in [-0.15, -0.1) is 0 Å². The summed E-state index contributed by atoms with van der Waals surface area (Å²) in [6.07, 6.45) is 10.9. The second kappa shape index (κ2) is 6.59. The zero-order valence-corrected chi connectivity index (χ0v) is 14.8. The molecule has 1 atom stereocenters. The molecule has 0 N–H and O–H groups in total. The SMILES string of the molecule is Cn1cc(CN2CC[C@]3(CCCN(C(=O)c4cccnc4)C3)C2)cn1. The van der Waals surface area contributed by atoms with E-state index in [4.69, 9.17) is 0 Å². The summed E-state index contributed by atoms with van der Waals surface area (Å²) in [5, 5.41) is 4.26. The normalized spacial score (nSPS) is 24.1. The number of hydrogen-bond donors (Lipinski definition) is 0. The molecular weight excluding hydrogens is 314 g/mol. The molecule has 1 amide bonds. The van der Waals surface area contributed by atoms with Crippen LogP contribution in [0.5, 0.6) is 0 Å². The lowest BCUT2D eigenvalue weighted by molar-refractivity contribution is 0.0526. The molecule has 6 nitrogen and oxygen atoms in total. The number of rotatable bonds is 3. The first-order chi connectivity index (χ1) is 12.1. The van der Waals surface area contributed by atoms with E-state index in [1.165, 1.54) is 18.4 Å². The molecule has 2 aliphatic rings. The molecule has 2 saturated heterocycles. The Morgan fingerprint density at radius 3 is 2.92 bits per heavy atom. The van der Waals surface area contributed by atoms with Crippen molar-refractivity contribution in [2.75, 3.05) is 26.2 Å². The summed E-state index contributed by atoms with van der Waals surface area (Å²) in [4.78, 5) is 21.4. The van der Waals surface area contributed by atoms with E-state index in [2.05, 4.69) is 21.2 Å². The van der Waals surface area contributed by atoms with Crippen LogP contribution in [0.3, 0.4) is 0 Å². The molecule has 2 aliphatic heterocycles. The van der Waals surface area contributed by atoms with Crippen molar-refractivity contribution in [1.82, 2.24) is 24.6 Å². The van der Waals surface area contributed by atoms with Crippen LogP contribution in [0.4, 0.5) is 0 Å². The lowest BCUT2D eigenvalue weighted by Gasteiger charge is -2.40. The quantitative estimate of drug-likeness (QED) is 0.858. The monoisotopic (exact) mass is 339 g/mol. The maximum Gasteiger partial charge on any atom is 0.255 e. The molecule has 0 aliphatic carbocycles. The van der Waals surface area contributed by atoms with Crippen molar-refractivity contribution in [2.45, 2.75) is 25.8 Å². The van der Waals surface area contributed by atoms with Crippen molar-refractivity contribution in [3.05, 3.63) is 48.0 Å². The molecule has 132 valence electrons. The Morgan fingerprint density at radius 1 is 1.24 bits per heavy atom. The van der Waals surface area contributed by atoms with E-state index in [9.17, 15) is 4.79 Å². The molecule has 0 bridgehead atoms. The Morgan fingerprint density at radius 2 is 2.16 bits per heavy atom. The fraction of sp³-hybridized carbons (Fsp3) is 0.526. The average Bonchev–Trinajstić information content (AvgIpc) is 3.21. The standard InChI is InChI=1S/C19H25N5O/c1-22-12-16(10-21-22)13-23-9-6-19(14-23)5-3-8-24(15-19)18(25)17-4-2-7-20-11-17/h2,4,7,10-12H,3,5-6,8-9,13-15H2,1H3/t19-/m1/s1. The summed E-state index contributed by atoms with van der Waals surface area (Å²) < 4.78 is 1.86. The zero-order valence-electron chi connectivity index (χ0n) is 14.8. The molecule has 0 saturated carbocycles. The topological polar surface area (TPSA) is 54.3 Å². The van der Waals surface area contributed by atoms with Gasteiger partial charge in [-0.1, -0.05) is 0 Å². The van der Waals surface area contributed by atoms with Crippen LogP contribution in [0.25, 0.3) is 0 Å². The highest BCUT2D eigenvalue weighted by Crippen LogP contribution is 2.39. The van der Waals surface area contributed by atoms with Crippen molar-refractivity contribution >= 4 is 5.91 Å². The minimum Gasteiger partial charge on any atom is -0.338 e. The van der Waals surface area contributed by atoms with E-state index in [1.54, 1.807) is 12.4 Å². The van der Waals surface area contributed by atoms with Gasteiger partial charge in [0.25, 0.3) is 5.91 Å². The van der Waals surface area contributed by atoms with E-state index >= 15 is 0 Å². The summed E-state index contributed by atoms with van der Waals surface area (Å²) >= 11 is 0. The van der Waals surface area contributed by atoms with Crippen molar-refractivity contribution in [3.8, 4) is 0 Å². The minimum atomic E-state index is 0.123. The van der Waals surface area contributed by atoms with Gasteiger partial charge in [0.1, 0.15) is 0 Å². The van der Waals surface area contributed by atoms with Gasteiger partial charge in [-0.25, -0.2) is 0 Å². The predicted molar refractivity (Wildman–Crippen MR) is 94.9 cm³/mol. The van der Waals surface area contributed by atoms with Gasteiger partial charge in [0.2, 0.25) is 0 Å². The molecule has 2 aromatic heterocycles.